The van der Waals surface area contributed by atoms with Gasteiger partial charge in [0.05, 0.1) is 25.7 Å². The number of nitrogens with zero attached hydrogens (tertiary/aromatic N) is 3. The lowest BCUT2D eigenvalue weighted by Crippen LogP contribution is -2.16. The molecule has 1 amide bonds. The molecule has 0 spiro atoms. The molecule has 1 N–H and O–H groups in total. The average molecular weight is 473 g/mol. The Balaban J connectivity index is 1.68. The molecule has 0 saturated carbocycles. The highest BCUT2D eigenvalue weighted by molar-refractivity contribution is 7.99. The Labute approximate surface area is 195 Å². The van der Waals surface area contributed by atoms with Gasteiger partial charge in [0.15, 0.2) is 17.1 Å². The van der Waals surface area contributed by atoms with Crippen molar-refractivity contribution in [3.05, 3.63) is 66.8 Å². The Kier molecular flexibility index (Phi) is 8.31. The quantitative estimate of drug-likeness (QED) is 0.325. The molecule has 10 heteroatoms. The molecule has 0 aliphatic heterocycles. The molecule has 0 fully saturated rings. The lowest BCUT2D eigenvalue weighted by Gasteiger charge is -2.16. The van der Waals surface area contributed by atoms with Crippen LogP contribution in [0.4, 0.5) is 10.1 Å². The van der Waals surface area contributed by atoms with Crippen molar-refractivity contribution in [2.24, 2.45) is 0 Å². The number of amides is 1. The van der Waals surface area contributed by atoms with Crippen LogP contribution in [0.25, 0.3) is 0 Å². The van der Waals surface area contributed by atoms with Crippen LogP contribution in [-0.4, -0.2) is 40.6 Å². The van der Waals surface area contributed by atoms with Gasteiger partial charge >= 0.3 is 0 Å². The average Bonchev–Trinajstić information content (AvgIpc) is 3.22. The van der Waals surface area contributed by atoms with Crippen LogP contribution in [0.1, 0.15) is 18.9 Å². The molecular formula is C23H25FN4O4S. The van der Waals surface area contributed by atoms with Gasteiger partial charge in [0.25, 0.3) is 0 Å². The first-order valence-corrected chi connectivity index (χ1v) is 11.0. The fourth-order valence-electron chi connectivity index (χ4n) is 3.01. The van der Waals surface area contributed by atoms with E-state index in [1.807, 2.05) is 11.5 Å². The van der Waals surface area contributed by atoms with E-state index in [1.54, 1.807) is 43.5 Å². The summed E-state index contributed by atoms with van der Waals surface area (Å²) < 4.78 is 31.3. The van der Waals surface area contributed by atoms with Gasteiger partial charge in [-0.1, -0.05) is 17.8 Å². The summed E-state index contributed by atoms with van der Waals surface area (Å²) in [7, 11) is 3.08. The Bertz CT molecular complexity index is 1100. The third-order valence-corrected chi connectivity index (χ3v) is 5.53. The zero-order valence-corrected chi connectivity index (χ0v) is 19.4. The molecule has 174 valence electrons. The summed E-state index contributed by atoms with van der Waals surface area (Å²) in [4.78, 5) is 12.6. The maximum atomic E-state index is 13.1. The van der Waals surface area contributed by atoms with Gasteiger partial charge in [0, 0.05) is 12.6 Å². The number of thioether (sulfide) groups is 1. The molecule has 0 aliphatic carbocycles. The van der Waals surface area contributed by atoms with Gasteiger partial charge in [-0.15, -0.1) is 16.8 Å². The van der Waals surface area contributed by atoms with E-state index in [-0.39, 0.29) is 17.5 Å². The number of hydrogen-bond donors (Lipinski definition) is 1. The van der Waals surface area contributed by atoms with Crippen LogP contribution >= 0.6 is 11.8 Å². The van der Waals surface area contributed by atoms with Crippen LogP contribution < -0.4 is 19.5 Å². The fraction of sp³-hybridized carbons (Fsp3) is 0.261. The molecule has 1 heterocycles. The van der Waals surface area contributed by atoms with Crippen molar-refractivity contribution in [2.75, 3.05) is 25.3 Å². The standard InChI is InChI=1S/C23H25FN4O4S/c1-5-12-28-22(15(2)32-17-8-6-16(24)7-9-17)26-27-23(28)33-14-21(29)25-19-13-18(30-3)10-11-20(19)31-4/h5-11,13,15H,1,12,14H2,2-4H3,(H,25,29). The maximum absolute atomic E-state index is 13.1. The molecule has 33 heavy (non-hydrogen) atoms. The van der Waals surface area contributed by atoms with E-state index in [0.717, 1.165) is 0 Å². The van der Waals surface area contributed by atoms with Crippen molar-refractivity contribution in [1.82, 2.24) is 14.8 Å². The fourth-order valence-corrected chi connectivity index (χ4v) is 3.76. The second-order valence-corrected chi connectivity index (χ2v) is 7.80. The van der Waals surface area contributed by atoms with E-state index in [4.69, 9.17) is 14.2 Å². The van der Waals surface area contributed by atoms with Crippen LogP contribution in [0.15, 0.2) is 60.3 Å². The van der Waals surface area contributed by atoms with E-state index < -0.39 is 6.10 Å². The number of hydrogen-bond acceptors (Lipinski definition) is 7. The summed E-state index contributed by atoms with van der Waals surface area (Å²) in [6, 6.07) is 10.9. The number of anilines is 1. The molecule has 2 aromatic carbocycles. The van der Waals surface area contributed by atoms with Gasteiger partial charge in [-0.2, -0.15) is 0 Å². The predicted octanol–water partition coefficient (Wildman–Crippen LogP) is 4.49. The van der Waals surface area contributed by atoms with Crippen molar-refractivity contribution < 1.29 is 23.4 Å². The highest BCUT2D eigenvalue weighted by atomic mass is 32.2. The molecule has 3 aromatic rings. The van der Waals surface area contributed by atoms with Crippen LogP contribution in [0.2, 0.25) is 0 Å². The number of halogens is 1. The third kappa shape index (κ3) is 6.26. The van der Waals surface area contributed by atoms with Gasteiger partial charge in [0.1, 0.15) is 23.1 Å². The highest BCUT2D eigenvalue weighted by Crippen LogP contribution is 2.30. The summed E-state index contributed by atoms with van der Waals surface area (Å²) >= 11 is 1.24. The van der Waals surface area contributed by atoms with Crippen molar-refractivity contribution in [1.29, 1.82) is 0 Å². The maximum Gasteiger partial charge on any atom is 0.234 e. The summed E-state index contributed by atoms with van der Waals surface area (Å²) in [6.07, 6.45) is 1.26. The number of benzene rings is 2. The molecular weight excluding hydrogens is 447 g/mol. The lowest BCUT2D eigenvalue weighted by atomic mass is 10.2. The number of nitrogens with one attached hydrogen (secondary N) is 1. The Morgan fingerprint density at radius 2 is 1.91 bits per heavy atom. The molecule has 1 aromatic heterocycles. The molecule has 0 radical (unpaired) electrons. The summed E-state index contributed by atoms with van der Waals surface area (Å²) in [6.45, 7) is 6.04. The van der Waals surface area contributed by atoms with Gasteiger partial charge in [-0.3, -0.25) is 9.36 Å². The van der Waals surface area contributed by atoms with E-state index in [0.29, 0.717) is 40.5 Å². The number of carbonyl (C=O) groups excluding carboxylic acids is 1. The monoisotopic (exact) mass is 472 g/mol. The first-order chi connectivity index (χ1) is 15.9. The number of aromatic nitrogens is 3. The van der Waals surface area contributed by atoms with Gasteiger partial charge in [0.2, 0.25) is 5.91 Å². The smallest absolute Gasteiger partial charge is 0.234 e. The lowest BCUT2D eigenvalue weighted by molar-refractivity contribution is -0.113. The number of allylic oxidation sites excluding steroid dienone is 1. The molecule has 1 atom stereocenters. The Morgan fingerprint density at radius 1 is 1.18 bits per heavy atom. The number of methoxy groups -OCH3 is 2. The largest absolute Gasteiger partial charge is 0.497 e. The minimum absolute atomic E-state index is 0.100. The van der Waals surface area contributed by atoms with Gasteiger partial charge in [-0.05, 0) is 43.3 Å². The predicted molar refractivity (Wildman–Crippen MR) is 125 cm³/mol. The topological polar surface area (TPSA) is 87.5 Å². The van der Waals surface area contributed by atoms with Gasteiger partial charge in [-0.25, -0.2) is 4.39 Å². The zero-order valence-electron chi connectivity index (χ0n) is 18.6. The Morgan fingerprint density at radius 3 is 2.58 bits per heavy atom. The number of ether oxygens (including phenoxy) is 3. The number of rotatable bonds is 11. The minimum atomic E-state index is -0.452. The van der Waals surface area contributed by atoms with Crippen molar-refractivity contribution in [3.8, 4) is 17.2 Å². The first kappa shape index (κ1) is 24.1. The van der Waals surface area contributed by atoms with Crippen LogP contribution in [-0.2, 0) is 11.3 Å². The molecule has 0 bridgehead atoms. The molecule has 1 unspecified atom stereocenters. The Hall–Kier alpha value is -3.53. The van der Waals surface area contributed by atoms with Gasteiger partial charge < -0.3 is 19.5 Å². The van der Waals surface area contributed by atoms with Crippen LogP contribution in [0.3, 0.4) is 0 Å². The normalized spacial score (nSPS) is 11.5. The SMILES string of the molecule is C=CCn1c(SCC(=O)Nc2cc(OC)ccc2OC)nnc1C(C)Oc1ccc(F)cc1. The van der Waals surface area contributed by atoms with Crippen LogP contribution in [0, 0.1) is 5.82 Å². The second kappa shape index (κ2) is 11.4. The van der Waals surface area contributed by atoms with Crippen molar-refractivity contribution >= 4 is 23.4 Å². The zero-order chi connectivity index (χ0) is 23.8. The van der Waals surface area contributed by atoms with Crippen LogP contribution in [0.5, 0.6) is 17.2 Å². The second-order valence-electron chi connectivity index (χ2n) is 6.86. The summed E-state index contributed by atoms with van der Waals surface area (Å²) in [5.41, 5.74) is 0.511. The summed E-state index contributed by atoms with van der Waals surface area (Å²) in [5.74, 6) is 1.73. The summed E-state index contributed by atoms with van der Waals surface area (Å²) in [5, 5.41) is 11.8. The highest BCUT2D eigenvalue weighted by Gasteiger charge is 2.20. The van der Waals surface area contributed by atoms with Crippen molar-refractivity contribution in [2.45, 2.75) is 24.7 Å². The van der Waals surface area contributed by atoms with Crippen molar-refractivity contribution in [3.63, 3.8) is 0 Å². The molecule has 3 rings (SSSR count). The third-order valence-electron chi connectivity index (χ3n) is 4.56. The minimum Gasteiger partial charge on any atom is -0.497 e. The van der Waals surface area contributed by atoms with E-state index >= 15 is 0 Å². The molecule has 0 saturated heterocycles. The number of carbonyl (C=O) groups is 1. The van der Waals surface area contributed by atoms with E-state index in [1.165, 1.54) is 31.0 Å². The molecule has 8 nitrogen and oxygen atoms in total. The molecule has 0 aliphatic rings. The van der Waals surface area contributed by atoms with E-state index in [9.17, 15) is 9.18 Å². The van der Waals surface area contributed by atoms with E-state index in [2.05, 4.69) is 22.1 Å². The first-order valence-electron chi connectivity index (χ1n) is 10.1.